The normalized spacial score (nSPS) is 16.6. The Labute approximate surface area is 140 Å². The van der Waals surface area contributed by atoms with Gasteiger partial charge < -0.3 is 10.6 Å². The highest BCUT2D eigenvalue weighted by molar-refractivity contribution is 5.85. The van der Waals surface area contributed by atoms with Gasteiger partial charge in [0.2, 0.25) is 5.91 Å². The Kier molecular flexibility index (Phi) is 8.51. The van der Waals surface area contributed by atoms with Crippen LogP contribution < -0.4 is 10.6 Å². The molecule has 3 nitrogen and oxygen atoms in total. The van der Waals surface area contributed by atoms with Gasteiger partial charge in [0.1, 0.15) is 0 Å². The fraction of sp³-hybridized carbons (Fsp3) is 0.611. The lowest BCUT2D eigenvalue weighted by Gasteiger charge is -2.23. The summed E-state index contributed by atoms with van der Waals surface area (Å²) in [5, 5.41) is 6.56. The van der Waals surface area contributed by atoms with Crippen molar-refractivity contribution in [3.8, 4) is 0 Å². The third-order valence-corrected chi connectivity index (χ3v) is 4.46. The van der Waals surface area contributed by atoms with Crippen LogP contribution in [0.2, 0.25) is 0 Å². The Bertz CT molecular complexity index is 441. The van der Waals surface area contributed by atoms with Gasteiger partial charge in [-0.2, -0.15) is 0 Å². The molecule has 1 amide bonds. The molecule has 0 spiro atoms. The second-order valence-corrected chi connectivity index (χ2v) is 6.17. The first kappa shape index (κ1) is 19.0. The number of halogens is 1. The van der Waals surface area contributed by atoms with E-state index in [1.165, 1.54) is 24.0 Å². The first-order valence-corrected chi connectivity index (χ1v) is 8.25. The molecule has 1 aromatic carbocycles. The number of hydrogen-bond donors (Lipinski definition) is 2. The molecule has 1 fully saturated rings. The zero-order valence-electron chi connectivity index (χ0n) is 13.7. The quantitative estimate of drug-likeness (QED) is 0.836. The summed E-state index contributed by atoms with van der Waals surface area (Å²) in [6, 6.07) is 8.61. The molecule has 0 radical (unpaired) electrons. The van der Waals surface area contributed by atoms with Crippen molar-refractivity contribution in [3.63, 3.8) is 0 Å². The molecule has 1 aliphatic rings. The van der Waals surface area contributed by atoms with Crippen molar-refractivity contribution in [1.82, 2.24) is 10.6 Å². The third kappa shape index (κ3) is 5.98. The average molecular weight is 325 g/mol. The monoisotopic (exact) mass is 324 g/mol. The van der Waals surface area contributed by atoms with E-state index in [9.17, 15) is 4.79 Å². The van der Waals surface area contributed by atoms with Crippen molar-refractivity contribution in [1.29, 1.82) is 0 Å². The number of amides is 1. The standard InChI is InChI=1S/C18H28N2O.ClH/c1-3-17(16-7-4-14(2)5-8-16)20-18(21)9-6-15-10-12-19-13-11-15;/h4-5,7-8,15,17,19H,3,6,9-13H2,1-2H3,(H,20,21);1H. The topological polar surface area (TPSA) is 41.1 Å². The van der Waals surface area contributed by atoms with Crippen molar-refractivity contribution in [2.24, 2.45) is 5.92 Å². The van der Waals surface area contributed by atoms with Gasteiger partial charge in [-0.25, -0.2) is 0 Å². The van der Waals surface area contributed by atoms with Gasteiger partial charge in [0.15, 0.2) is 0 Å². The molecule has 1 aromatic rings. The van der Waals surface area contributed by atoms with Crippen LogP contribution in [0.25, 0.3) is 0 Å². The molecule has 1 aliphatic heterocycles. The van der Waals surface area contributed by atoms with Crippen LogP contribution in [0.15, 0.2) is 24.3 Å². The number of benzene rings is 1. The van der Waals surface area contributed by atoms with Crippen molar-refractivity contribution in [3.05, 3.63) is 35.4 Å². The fourth-order valence-corrected chi connectivity index (χ4v) is 2.99. The van der Waals surface area contributed by atoms with Crippen molar-refractivity contribution < 1.29 is 4.79 Å². The molecule has 4 heteroatoms. The Balaban J connectivity index is 0.00000242. The van der Waals surface area contributed by atoms with Gasteiger partial charge in [0.05, 0.1) is 6.04 Å². The number of rotatable bonds is 6. The third-order valence-electron chi connectivity index (χ3n) is 4.46. The van der Waals surface area contributed by atoms with Crippen molar-refractivity contribution >= 4 is 18.3 Å². The van der Waals surface area contributed by atoms with Gasteiger partial charge in [-0.3, -0.25) is 4.79 Å². The molecule has 0 aromatic heterocycles. The van der Waals surface area contributed by atoms with Crippen LogP contribution in [0.5, 0.6) is 0 Å². The molecular weight excluding hydrogens is 296 g/mol. The van der Waals surface area contributed by atoms with E-state index in [2.05, 4.69) is 48.7 Å². The minimum atomic E-state index is 0. The maximum absolute atomic E-state index is 12.2. The van der Waals surface area contributed by atoms with E-state index < -0.39 is 0 Å². The first-order chi connectivity index (χ1) is 10.2. The van der Waals surface area contributed by atoms with Crippen LogP contribution in [0.3, 0.4) is 0 Å². The Morgan fingerprint density at radius 1 is 1.27 bits per heavy atom. The van der Waals surface area contributed by atoms with Gasteiger partial charge in [-0.1, -0.05) is 36.8 Å². The van der Waals surface area contributed by atoms with Crippen molar-refractivity contribution in [2.45, 2.75) is 52.0 Å². The summed E-state index contributed by atoms with van der Waals surface area (Å²) in [5.74, 6) is 0.914. The molecule has 124 valence electrons. The Hall–Kier alpha value is -1.06. The molecule has 0 saturated carbocycles. The van der Waals surface area contributed by atoms with Crippen LogP contribution in [-0.2, 0) is 4.79 Å². The Morgan fingerprint density at radius 3 is 2.50 bits per heavy atom. The zero-order valence-corrected chi connectivity index (χ0v) is 14.5. The highest BCUT2D eigenvalue weighted by atomic mass is 35.5. The number of hydrogen-bond acceptors (Lipinski definition) is 2. The average Bonchev–Trinajstić information content (AvgIpc) is 2.52. The number of carbonyl (C=O) groups is 1. The molecule has 22 heavy (non-hydrogen) atoms. The highest BCUT2D eigenvalue weighted by Crippen LogP contribution is 2.20. The number of nitrogens with one attached hydrogen (secondary N) is 2. The fourth-order valence-electron chi connectivity index (χ4n) is 2.99. The Morgan fingerprint density at radius 2 is 1.91 bits per heavy atom. The van der Waals surface area contributed by atoms with Gasteiger partial charge in [-0.15, -0.1) is 12.4 Å². The first-order valence-electron chi connectivity index (χ1n) is 8.25. The lowest BCUT2D eigenvalue weighted by Crippen LogP contribution is -2.31. The summed E-state index contributed by atoms with van der Waals surface area (Å²) in [5.41, 5.74) is 2.46. The summed E-state index contributed by atoms with van der Waals surface area (Å²) in [6.45, 7) is 6.42. The van der Waals surface area contributed by atoms with E-state index in [0.29, 0.717) is 6.42 Å². The smallest absolute Gasteiger partial charge is 0.220 e. The van der Waals surface area contributed by atoms with Crippen LogP contribution in [0.1, 0.15) is 56.2 Å². The molecule has 1 unspecified atom stereocenters. The molecule has 0 bridgehead atoms. The van der Waals surface area contributed by atoms with E-state index in [1.54, 1.807) is 0 Å². The van der Waals surface area contributed by atoms with E-state index in [4.69, 9.17) is 0 Å². The van der Waals surface area contributed by atoms with E-state index in [1.807, 2.05) is 0 Å². The second-order valence-electron chi connectivity index (χ2n) is 6.17. The molecule has 1 saturated heterocycles. The van der Waals surface area contributed by atoms with E-state index in [0.717, 1.165) is 31.8 Å². The SMILES string of the molecule is CCC(NC(=O)CCC1CCNCC1)c1ccc(C)cc1.Cl. The summed E-state index contributed by atoms with van der Waals surface area (Å²) in [4.78, 5) is 12.2. The summed E-state index contributed by atoms with van der Waals surface area (Å²) in [7, 11) is 0. The predicted molar refractivity (Wildman–Crippen MR) is 94.4 cm³/mol. The number of aryl methyl sites for hydroxylation is 1. The molecule has 0 aliphatic carbocycles. The van der Waals surface area contributed by atoms with Crippen molar-refractivity contribution in [2.75, 3.05) is 13.1 Å². The van der Waals surface area contributed by atoms with Crippen LogP contribution in [0.4, 0.5) is 0 Å². The lowest BCUT2D eigenvalue weighted by molar-refractivity contribution is -0.122. The van der Waals surface area contributed by atoms with Gasteiger partial charge in [-0.05, 0) is 57.2 Å². The minimum Gasteiger partial charge on any atom is -0.349 e. The molecule has 2 N–H and O–H groups in total. The van der Waals surface area contributed by atoms with Crippen LogP contribution in [-0.4, -0.2) is 19.0 Å². The number of piperidine rings is 1. The molecule has 1 atom stereocenters. The van der Waals surface area contributed by atoms with Gasteiger partial charge >= 0.3 is 0 Å². The second kappa shape index (κ2) is 9.86. The molecule has 1 heterocycles. The van der Waals surface area contributed by atoms with E-state index >= 15 is 0 Å². The summed E-state index contributed by atoms with van der Waals surface area (Å²) < 4.78 is 0. The highest BCUT2D eigenvalue weighted by Gasteiger charge is 2.16. The predicted octanol–water partition coefficient (Wildman–Crippen LogP) is 3.76. The summed E-state index contributed by atoms with van der Waals surface area (Å²) in [6.07, 6.45) is 5.04. The number of carbonyl (C=O) groups excluding carboxylic acids is 1. The summed E-state index contributed by atoms with van der Waals surface area (Å²) >= 11 is 0. The van der Waals surface area contributed by atoms with Crippen LogP contribution in [0, 0.1) is 12.8 Å². The maximum Gasteiger partial charge on any atom is 0.220 e. The van der Waals surface area contributed by atoms with E-state index in [-0.39, 0.29) is 24.4 Å². The zero-order chi connectivity index (χ0) is 15.1. The maximum atomic E-state index is 12.2. The van der Waals surface area contributed by atoms with Crippen LogP contribution >= 0.6 is 12.4 Å². The molecular formula is C18H29ClN2O. The van der Waals surface area contributed by atoms with Gasteiger partial charge in [0.25, 0.3) is 0 Å². The minimum absolute atomic E-state index is 0. The largest absolute Gasteiger partial charge is 0.349 e. The lowest BCUT2D eigenvalue weighted by atomic mass is 9.93. The molecule has 2 rings (SSSR count). The van der Waals surface area contributed by atoms with Gasteiger partial charge in [0, 0.05) is 6.42 Å².